The number of carbonyl (C=O) groups excluding carboxylic acids is 1. The molecule has 230 valence electrons. The molecule has 0 aliphatic rings. The minimum atomic E-state index is -3.48. The SMILES string of the molecule is CC(C)CC(=O)Nc1cncc(-c2cc3c(-c4nc5c(-c6cc(F)cc(CNS(C)(=O)=O)c6)nccc5[nH]4)n[nH]c3cc2F)c1. The summed E-state index contributed by atoms with van der Waals surface area (Å²) >= 11 is 0. The van der Waals surface area contributed by atoms with Crippen molar-refractivity contribution in [3.05, 3.63) is 78.3 Å². The predicted octanol–water partition coefficient (Wildman–Crippen LogP) is 5.54. The number of anilines is 1. The number of hydrogen-bond acceptors (Lipinski definition) is 7. The monoisotopic (exact) mass is 630 g/mol. The van der Waals surface area contributed by atoms with Crippen molar-refractivity contribution in [2.45, 2.75) is 26.8 Å². The normalized spacial score (nSPS) is 12.0. The van der Waals surface area contributed by atoms with Gasteiger partial charge >= 0.3 is 0 Å². The zero-order valence-electron chi connectivity index (χ0n) is 24.4. The number of H-pyrrole nitrogens is 2. The Kier molecular flexibility index (Phi) is 7.85. The van der Waals surface area contributed by atoms with E-state index in [1.54, 1.807) is 30.5 Å². The number of hydrogen-bond donors (Lipinski definition) is 4. The van der Waals surface area contributed by atoms with Crippen LogP contribution in [0.3, 0.4) is 0 Å². The van der Waals surface area contributed by atoms with Crippen molar-refractivity contribution >= 4 is 43.6 Å². The van der Waals surface area contributed by atoms with Crippen molar-refractivity contribution in [2.75, 3.05) is 11.6 Å². The van der Waals surface area contributed by atoms with Gasteiger partial charge in [0.15, 0.2) is 5.82 Å². The Morgan fingerprint density at radius 1 is 1.00 bits per heavy atom. The average molecular weight is 631 g/mol. The molecule has 45 heavy (non-hydrogen) atoms. The Hall–Kier alpha value is -5.08. The van der Waals surface area contributed by atoms with Crippen molar-refractivity contribution in [1.29, 1.82) is 0 Å². The van der Waals surface area contributed by atoms with Gasteiger partial charge in [-0.1, -0.05) is 13.8 Å². The molecule has 0 saturated heterocycles. The minimum Gasteiger partial charge on any atom is -0.336 e. The number of carbonyl (C=O) groups is 1. The van der Waals surface area contributed by atoms with Gasteiger partial charge in [-0.2, -0.15) is 5.10 Å². The van der Waals surface area contributed by atoms with E-state index < -0.39 is 21.7 Å². The summed E-state index contributed by atoms with van der Waals surface area (Å²) in [5.74, 6) is -0.671. The van der Waals surface area contributed by atoms with Crippen LogP contribution in [0, 0.1) is 17.6 Å². The van der Waals surface area contributed by atoms with Crippen LogP contribution in [-0.2, 0) is 21.4 Å². The van der Waals surface area contributed by atoms with E-state index in [4.69, 9.17) is 4.98 Å². The number of fused-ring (bicyclic) bond motifs is 2. The van der Waals surface area contributed by atoms with Crippen LogP contribution in [0.25, 0.3) is 55.8 Å². The largest absolute Gasteiger partial charge is 0.336 e. The van der Waals surface area contributed by atoms with Crippen LogP contribution in [0.5, 0.6) is 0 Å². The summed E-state index contributed by atoms with van der Waals surface area (Å²) in [5.41, 5.74) is 4.27. The molecule has 14 heteroatoms. The minimum absolute atomic E-state index is 0.0910. The molecule has 6 rings (SSSR count). The number of amides is 1. The van der Waals surface area contributed by atoms with Crippen molar-refractivity contribution in [2.24, 2.45) is 5.92 Å². The van der Waals surface area contributed by atoms with Gasteiger partial charge in [-0.05, 0) is 47.9 Å². The zero-order chi connectivity index (χ0) is 31.9. The van der Waals surface area contributed by atoms with Gasteiger partial charge < -0.3 is 10.3 Å². The lowest BCUT2D eigenvalue weighted by molar-refractivity contribution is -0.116. The summed E-state index contributed by atoms with van der Waals surface area (Å²) in [6, 6.07) is 10.5. The number of rotatable bonds is 9. The highest BCUT2D eigenvalue weighted by Gasteiger charge is 2.19. The first-order chi connectivity index (χ1) is 21.4. The molecule has 0 aliphatic heterocycles. The van der Waals surface area contributed by atoms with Gasteiger partial charge in [0.25, 0.3) is 0 Å². The maximum Gasteiger partial charge on any atom is 0.224 e. The zero-order valence-corrected chi connectivity index (χ0v) is 25.3. The lowest BCUT2D eigenvalue weighted by atomic mass is 10.0. The molecule has 11 nitrogen and oxygen atoms in total. The fourth-order valence-electron chi connectivity index (χ4n) is 5.04. The molecule has 1 amide bonds. The van der Waals surface area contributed by atoms with E-state index in [1.807, 2.05) is 13.8 Å². The quantitative estimate of drug-likeness (QED) is 0.163. The summed E-state index contributed by atoms with van der Waals surface area (Å²) in [7, 11) is -3.48. The number of nitrogens with zero attached hydrogens (tertiary/aromatic N) is 4. The number of halogens is 2. The highest BCUT2D eigenvalue weighted by Crippen LogP contribution is 2.34. The number of benzene rings is 2. The lowest BCUT2D eigenvalue weighted by Crippen LogP contribution is -2.21. The van der Waals surface area contributed by atoms with Gasteiger partial charge in [0.2, 0.25) is 15.9 Å². The smallest absolute Gasteiger partial charge is 0.224 e. The lowest BCUT2D eigenvalue weighted by Gasteiger charge is -2.09. The first-order valence-corrected chi connectivity index (χ1v) is 15.8. The standard InChI is InChI=1S/C31H28F2N8O3S/c1-16(2)6-27(42)37-21-10-19(14-34-15-21)22-11-23-26(12-24(22)33)40-41-29(23)31-38-25-4-5-35-28(30(25)39-31)18-7-17(8-20(32)9-18)13-36-45(3,43)44/h4-5,7-12,14-16,36H,6,13H2,1-3H3,(H,37,42)(H,38,39)(H,40,41). The number of nitrogens with one attached hydrogen (secondary N) is 4. The highest BCUT2D eigenvalue weighted by atomic mass is 32.2. The average Bonchev–Trinajstić information content (AvgIpc) is 3.58. The van der Waals surface area contributed by atoms with Crippen molar-refractivity contribution in [3.8, 4) is 33.9 Å². The molecular formula is C31H28F2N8O3S. The number of aromatic amines is 2. The molecule has 0 radical (unpaired) electrons. The molecule has 0 unspecified atom stereocenters. The van der Waals surface area contributed by atoms with E-state index in [0.29, 0.717) is 67.9 Å². The highest BCUT2D eigenvalue weighted by molar-refractivity contribution is 7.88. The number of sulfonamides is 1. The number of aromatic nitrogens is 6. The van der Waals surface area contributed by atoms with E-state index >= 15 is 4.39 Å². The van der Waals surface area contributed by atoms with Crippen LogP contribution in [0.4, 0.5) is 14.5 Å². The molecule has 6 aromatic rings. The summed E-state index contributed by atoms with van der Waals surface area (Å²) in [5, 5.41) is 10.6. The molecule has 0 atom stereocenters. The Labute approximate surface area is 256 Å². The summed E-state index contributed by atoms with van der Waals surface area (Å²) in [4.78, 5) is 28.9. The van der Waals surface area contributed by atoms with Crippen molar-refractivity contribution in [1.82, 2.24) is 34.9 Å². The molecule has 2 aromatic carbocycles. The molecule has 4 aromatic heterocycles. The molecule has 4 N–H and O–H groups in total. The van der Waals surface area contributed by atoms with Gasteiger partial charge in [-0.3, -0.25) is 19.9 Å². The molecule has 0 bridgehead atoms. The van der Waals surface area contributed by atoms with Gasteiger partial charge in [0.1, 0.15) is 22.8 Å². The van der Waals surface area contributed by atoms with Crippen molar-refractivity contribution in [3.63, 3.8) is 0 Å². The third-order valence-corrected chi connectivity index (χ3v) is 7.64. The maximum absolute atomic E-state index is 15.3. The fourth-order valence-corrected chi connectivity index (χ4v) is 5.47. The van der Waals surface area contributed by atoms with Gasteiger partial charge in [0, 0.05) is 53.5 Å². The van der Waals surface area contributed by atoms with E-state index in [1.165, 1.54) is 30.6 Å². The second kappa shape index (κ2) is 11.8. The van der Waals surface area contributed by atoms with E-state index in [2.05, 4.69) is 35.2 Å². The second-order valence-corrected chi connectivity index (χ2v) is 13.0. The van der Waals surface area contributed by atoms with Crippen LogP contribution < -0.4 is 10.0 Å². The Morgan fingerprint density at radius 2 is 1.82 bits per heavy atom. The van der Waals surface area contributed by atoms with E-state index in [9.17, 15) is 17.6 Å². The Balaban J connectivity index is 1.38. The van der Waals surface area contributed by atoms with Crippen LogP contribution in [-0.4, -0.2) is 50.7 Å². The summed E-state index contributed by atoms with van der Waals surface area (Å²) < 4.78 is 55.4. The Bertz CT molecular complexity index is 2190. The maximum atomic E-state index is 15.3. The Morgan fingerprint density at radius 3 is 2.60 bits per heavy atom. The van der Waals surface area contributed by atoms with Gasteiger partial charge in [0.05, 0.1) is 34.9 Å². The van der Waals surface area contributed by atoms with Crippen LogP contribution >= 0.6 is 0 Å². The first-order valence-electron chi connectivity index (χ1n) is 14.0. The topological polar surface area (TPSA) is 158 Å². The fraction of sp³-hybridized carbons (Fsp3) is 0.194. The van der Waals surface area contributed by atoms with Gasteiger partial charge in [-0.15, -0.1) is 0 Å². The molecule has 0 fully saturated rings. The second-order valence-electron chi connectivity index (χ2n) is 11.1. The molecular weight excluding hydrogens is 602 g/mol. The summed E-state index contributed by atoms with van der Waals surface area (Å²) in [6.45, 7) is 3.80. The van der Waals surface area contributed by atoms with Gasteiger partial charge in [-0.25, -0.2) is 26.9 Å². The van der Waals surface area contributed by atoms with E-state index in [-0.39, 0.29) is 23.9 Å². The predicted molar refractivity (Wildman–Crippen MR) is 167 cm³/mol. The molecule has 0 spiro atoms. The van der Waals surface area contributed by atoms with Crippen LogP contribution in [0.2, 0.25) is 0 Å². The van der Waals surface area contributed by atoms with Crippen LogP contribution in [0.15, 0.2) is 61.1 Å². The molecule has 0 aliphatic carbocycles. The first kappa shape index (κ1) is 30.0. The van der Waals surface area contributed by atoms with E-state index in [0.717, 1.165) is 6.26 Å². The number of pyridine rings is 2. The van der Waals surface area contributed by atoms with Crippen molar-refractivity contribution < 1.29 is 22.0 Å². The molecule has 4 heterocycles. The third kappa shape index (κ3) is 6.56. The number of imidazole rings is 1. The van der Waals surface area contributed by atoms with Crippen LogP contribution in [0.1, 0.15) is 25.8 Å². The summed E-state index contributed by atoms with van der Waals surface area (Å²) in [6.07, 6.45) is 5.94. The molecule has 0 saturated carbocycles. The third-order valence-electron chi connectivity index (χ3n) is 6.97.